The van der Waals surface area contributed by atoms with Gasteiger partial charge in [0.15, 0.2) is 4.96 Å². The van der Waals surface area contributed by atoms with Crippen LogP contribution in [-0.4, -0.2) is 35.1 Å². The van der Waals surface area contributed by atoms with Crippen LogP contribution in [0.3, 0.4) is 0 Å². The molecule has 1 saturated carbocycles. The summed E-state index contributed by atoms with van der Waals surface area (Å²) < 4.78 is 21.2. The standard InChI is InChI=1S/C19H23FN4O2S/c1-26-16(25)9-13-11-27-19-23-17(14-7-8-21-10-15(14)20)18(24(13)19)22-12-5-3-2-4-6-12/h7,10-12,21-22H,2-6,8-9H2,1H3. The molecule has 6 nitrogen and oxygen atoms in total. The van der Waals surface area contributed by atoms with Crippen LogP contribution in [0.4, 0.5) is 10.2 Å². The molecule has 144 valence electrons. The molecule has 2 aromatic rings. The third-order valence-electron chi connectivity index (χ3n) is 5.10. The number of carbonyl (C=O) groups is 1. The van der Waals surface area contributed by atoms with Gasteiger partial charge in [-0.1, -0.05) is 25.3 Å². The van der Waals surface area contributed by atoms with Gasteiger partial charge in [0.05, 0.1) is 13.5 Å². The number of ether oxygens (including phenoxy) is 1. The lowest BCUT2D eigenvalue weighted by Gasteiger charge is -2.24. The van der Waals surface area contributed by atoms with Gasteiger partial charge in [0.2, 0.25) is 0 Å². The second-order valence-corrected chi connectivity index (χ2v) is 7.74. The third-order valence-corrected chi connectivity index (χ3v) is 5.97. The summed E-state index contributed by atoms with van der Waals surface area (Å²) in [6.45, 7) is 0.561. The number of anilines is 1. The molecule has 4 rings (SSSR count). The van der Waals surface area contributed by atoms with Crippen LogP contribution in [0.5, 0.6) is 0 Å². The van der Waals surface area contributed by atoms with Crippen molar-refractivity contribution < 1.29 is 13.9 Å². The molecule has 1 aliphatic heterocycles. The molecule has 8 heteroatoms. The molecular weight excluding hydrogens is 367 g/mol. The number of carbonyl (C=O) groups excluding carboxylic acids is 1. The number of aromatic nitrogens is 2. The van der Waals surface area contributed by atoms with Gasteiger partial charge < -0.3 is 15.4 Å². The van der Waals surface area contributed by atoms with Crippen LogP contribution in [0.1, 0.15) is 43.5 Å². The molecule has 0 amide bonds. The Morgan fingerprint density at radius 3 is 3.00 bits per heavy atom. The first-order valence-corrected chi connectivity index (χ1v) is 10.2. The maximum atomic E-state index is 14.5. The van der Waals surface area contributed by atoms with Crippen LogP contribution in [0.15, 0.2) is 23.5 Å². The quantitative estimate of drug-likeness (QED) is 0.763. The zero-order valence-corrected chi connectivity index (χ0v) is 16.1. The van der Waals surface area contributed by atoms with Gasteiger partial charge in [-0.25, -0.2) is 9.37 Å². The van der Waals surface area contributed by atoms with Crippen LogP contribution < -0.4 is 10.6 Å². The number of rotatable bonds is 5. The number of nitrogens with one attached hydrogen (secondary N) is 2. The first kappa shape index (κ1) is 18.0. The van der Waals surface area contributed by atoms with Crippen LogP contribution in [0.2, 0.25) is 0 Å². The summed E-state index contributed by atoms with van der Waals surface area (Å²) in [7, 11) is 1.38. The molecule has 0 radical (unpaired) electrons. The van der Waals surface area contributed by atoms with Gasteiger partial charge in [-0.2, -0.15) is 0 Å². The van der Waals surface area contributed by atoms with Crippen molar-refractivity contribution in [2.45, 2.75) is 44.6 Å². The predicted molar refractivity (Wildman–Crippen MR) is 104 cm³/mol. The van der Waals surface area contributed by atoms with E-state index in [9.17, 15) is 9.18 Å². The number of methoxy groups -OCH3 is 1. The SMILES string of the molecule is COC(=O)Cc1csc2nc(C3=CCNC=C3F)c(NC3CCCCC3)n12. The van der Waals surface area contributed by atoms with Gasteiger partial charge in [0.1, 0.15) is 17.3 Å². The molecule has 2 aliphatic rings. The topological polar surface area (TPSA) is 67.7 Å². The van der Waals surface area contributed by atoms with E-state index in [-0.39, 0.29) is 18.2 Å². The Labute approximate surface area is 161 Å². The average molecular weight is 390 g/mol. The van der Waals surface area contributed by atoms with Crippen molar-refractivity contribution in [1.29, 1.82) is 0 Å². The lowest BCUT2D eigenvalue weighted by atomic mass is 9.95. The molecule has 0 spiro atoms. The zero-order valence-electron chi connectivity index (χ0n) is 15.3. The van der Waals surface area contributed by atoms with Crippen LogP contribution >= 0.6 is 11.3 Å². The molecule has 1 aliphatic carbocycles. The lowest BCUT2D eigenvalue weighted by molar-refractivity contribution is -0.139. The van der Waals surface area contributed by atoms with Crippen molar-refractivity contribution in [3.05, 3.63) is 34.9 Å². The Morgan fingerprint density at radius 2 is 2.26 bits per heavy atom. The molecule has 0 saturated heterocycles. The van der Waals surface area contributed by atoms with Gasteiger partial charge in [0, 0.05) is 35.4 Å². The smallest absolute Gasteiger partial charge is 0.311 e. The van der Waals surface area contributed by atoms with Gasteiger partial charge in [0.25, 0.3) is 0 Å². The Bertz CT molecular complexity index is 908. The summed E-state index contributed by atoms with van der Waals surface area (Å²) in [6, 6.07) is 0.331. The minimum atomic E-state index is -0.326. The number of nitrogens with zero attached hydrogens (tertiary/aromatic N) is 2. The van der Waals surface area contributed by atoms with Crippen molar-refractivity contribution in [1.82, 2.24) is 14.7 Å². The van der Waals surface area contributed by atoms with Crippen molar-refractivity contribution in [3.63, 3.8) is 0 Å². The molecule has 2 N–H and O–H groups in total. The van der Waals surface area contributed by atoms with Crippen molar-refractivity contribution in [2.24, 2.45) is 0 Å². The number of fused-ring (bicyclic) bond motifs is 1. The van der Waals surface area contributed by atoms with E-state index in [2.05, 4.69) is 10.6 Å². The second kappa shape index (κ2) is 7.72. The highest BCUT2D eigenvalue weighted by Crippen LogP contribution is 2.35. The Kier molecular flexibility index (Phi) is 5.15. The molecule has 0 unspecified atom stereocenters. The van der Waals surface area contributed by atoms with Gasteiger partial charge in [-0.3, -0.25) is 9.20 Å². The number of thiazole rings is 1. The summed E-state index contributed by atoms with van der Waals surface area (Å²) in [5.41, 5.74) is 1.90. The van der Waals surface area contributed by atoms with Gasteiger partial charge in [-0.15, -0.1) is 11.3 Å². The molecule has 1 fully saturated rings. The summed E-state index contributed by atoms with van der Waals surface area (Å²) in [6.07, 6.45) is 9.15. The van der Waals surface area contributed by atoms with Gasteiger partial charge in [-0.05, 0) is 12.8 Å². The van der Waals surface area contributed by atoms with E-state index in [4.69, 9.17) is 9.72 Å². The van der Waals surface area contributed by atoms with Gasteiger partial charge >= 0.3 is 5.97 Å². The number of allylic oxidation sites excluding steroid dienone is 2. The summed E-state index contributed by atoms with van der Waals surface area (Å²) in [4.78, 5) is 17.3. The highest BCUT2D eigenvalue weighted by atomic mass is 32.1. The lowest BCUT2D eigenvalue weighted by Crippen LogP contribution is -2.24. The van der Waals surface area contributed by atoms with Crippen molar-refractivity contribution >= 4 is 33.7 Å². The Hall–Kier alpha value is -2.35. The summed E-state index contributed by atoms with van der Waals surface area (Å²) >= 11 is 1.45. The summed E-state index contributed by atoms with van der Waals surface area (Å²) in [5, 5.41) is 8.40. The minimum Gasteiger partial charge on any atom is -0.469 e. The van der Waals surface area contributed by atoms with E-state index >= 15 is 0 Å². The van der Waals surface area contributed by atoms with E-state index in [1.54, 1.807) is 0 Å². The normalized spacial score (nSPS) is 18.0. The van der Waals surface area contributed by atoms with E-state index in [1.807, 2.05) is 15.9 Å². The molecule has 0 atom stereocenters. The number of dihydropyridines is 1. The molecule has 0 bridgehead atoms. The summed E-state index contributed by atoms with van der Waals surface area (Å²) in [5.74, 6) is 0.141. The third kappa shape index (κ3) is 3.58. The van der Waals surface area contributed by atoms with Crippen LogP contribution in [0.25, 0.3) is 10.5 Å². The number of esters is 1. The molecule has 27 heavy (non-hydrogen) atoms. The van der Waals surface area contributed by atoms with E-state index in [0.717, 1.165) is 29.3 Å². The highest BCUT2D eigenvalue weighted by molar-refractivity contribution is 7.15. The van der Waals surface area contributed by atoms with Crippen molar-refractivity contribution in [2.75, 3.05) is 19.0 Å². The Morgan fingerprint density at radius 1 is 1.44 bits per heavy atom. The largest absolute Gasteiger partial charge is 0.469 e. The fourth-order valence-electron chi connectivity index (χ4n) is 3.72. The molecular formula is C19H23FN4O2S. The van der Waals surface area contributed by atoms with Crippen molar-refractivity contribution in [3.8, 4) is 0 Å². The fourth-order valence-corrected chi connectivity index (χ4v) is 4.60. The maximum Gasteiger partial charge on any atom is 0.311 e. The second-order valence-electron chi connectivity index (χ2n) is 6.90. The average Bonchev–Trinajstić information content (AvgIpc) is 3.23. The zero-order chi connectivity index (χ0) is 18.8. The van der Waals surface area contributed by atoms with E-state index in [1.165, 1.54) is 43.9 Å². The Balaban J connectivity index is 1.79. The highest BCUT2D eigenvalue weighted by Gasteiger charge is 2.26. The maximum absolute atomic E-state index is 14.5. The minimum absolute atomic E-state index is 0.157. The number of hydrogen-bond acceptors (Lipinski definition) is 6. The number of imidazole rings is 1. The first-order valence-electron chi connectivity index (χ1n) is 9.29. The molecule has 2 aromatic heterocycles. The first-order chi connectivity index (χ1) is 13.2. The predicted octanol–water partition coefficient (Wildman–Crippen LogP) is 3.65. The molecule has 3 heterocycles. The number of halogens is 1. The van der Waals surface area contributed by atoms with E-state index < -0.39 is 0 Å². The monoisotopic (exact) mass is 390 g/mol. The van der Waals surface area contributed by atoms with Crippen LogP contribution in [0, 0.1) is 0 Å². The molecule has 0 aromatic carbocycles. The van der Waals surface area contributed by atoms with E-state index in [0.29, 0.717) is 23.9 Å². The van der Waals surface area contributed by atoms with Crippen LogP contribution in [-0.2, 0) is 16.0 Å². The number of hydrogen-bond donors (Lipinski definition) is 2. The fraction of sp³-hybridized carbons (Fsp3) is 0.474.